The van der Waals surface area contributed by atoms with Crippen molar-refractivity contribution < 1.29 is 4.79 Å². The van der Waals surface area contributed by atoms with Crippen molar-refractivity contribution in [2.45, 2.75) is 61.3 Å². The summed E-state index contributed by atoms with van der Waals surface area (Å²) in [5.74, 6) is 0.0977. The number of hydrogen-bond acceptors (Lipinski definition) is 1. The van der Waals surface area contributed by atoms with Crippen LogP contribution >= 0.6 is 0 Å². The van der Waals surface area contributed by atoms with E-state index in [9.17, 15) is 4.79 Å². The molecule has 20 heavy (non-hydrogen) atoms. The Hall–Kier alpha value is -1.57. The zero-order valence-corrected chi connectivity index (χ0v) is 14.7. The quantitative estimate of drug-likeness (QED) is 0.637. The van der Waals surface area contributed by atoms with Crippen LogP contribution < -0.4 is 5.32 Å². The van der Waals surface area contributed by atoms with E-state index in [-0.39, 0.29) is 5.91 Å². The summed E-state index contributed by atoms with van der Waals surface area (Å²) in [5.41, 5.74) is 2.10. The van der Waals surface area contributed by atoms with Gasteiger partial charge in [-0.15, -0.1) is 0 Å². The summed E-state index contributed by atoms with van der Waals surface area (Å²) in [6, 6.07) is 0. The van der Waals surface area contributed by atoms with Crippen LogP contribution in [-0.2, 0) is 4.79 Å². The molecule has 0 aliphatic carbocycles. The van der Waals surface area contributed by atoms with Gasteiger partial charge in [-0.25, -0.2) is 0 Å². The van der Waals surface area contributed by atoms with Crippen molar-refractivity contribution in [2.24, 2.45) is 0 Å². The normalized spacial score (nSPS) is 11.2. The Labute approximate surface area is 127 Å². The fourth-order valence-corrected chi connectivity index (χ4v) is 0.980. The van der Waals surface area contributed by atoms with Crippen molar-refractivity contribution in [1.82, 2.24) is 5.32 Å². The SMILES string of the molecule is C=CC1=C(C)CCC(=O)N1.C=CC=C.CC.CC.CC. The molecule has 1 N–H and O–H groups in total. The molecule has 2 heteroatoms. The summed E-state index contributed by atoms with van der Waals surface area (Å²) in [4.78, 5) is 10.8. The first-order valence-corrected chi connectivity index (χ1v) is 7.51. The van der Waals surface area contributed by atoms with Gasteiger partial charge in [-0.2, -0.15) is 0 Å². The van der Waals surface area contributed by atoms with Crippen LogP contribution in [0.2, 0.25) is 0 Å². The van der Waals surface area contributed by atoms with E-state index in [1.165, 1.54) is 5.57 Å². The maximum atomic E-state index is 10.8. The molecule has 1 aliphatic heterocycles. The summed E-state index contributed by atoms with van der Waals surface area (Å²) < 4.78 is 0. The highest BCUT2D eigenvalue weighted by Crippen LogP contribution is 2.14. The second kappa shape index (κ2) is 26.1. The van der Waals surface area contributed by atoms with Crippen LogP contribution in [0.5, 0.6) is 0 Å². The minimum absolute atomic E-state index is 0.0977. The predicted octanol–water partition coefficient (Wildman–Crippen LogP) is 5.79. The van der Waals surface area contributed by atoms with Crippen LogP contribution in [0.15, 0.2) is 49.2 Å². The van der Waals surface area contributed by atoms with E-state index in [0.29, 0.717) is 6.42 Å². The summed E-state index contributed by atoms with van der Waals surface area (Å²) in [6.07, 6.45) is 6.45. The van der Waals surface area contributed by atoms with Gasteiger partial charge >= 0.3 is 0 Å². The highest BCUT2D eigenvalue weighted by atomic mass is 16.1. The third-order valence-corrected chi connectivity index (χ3v) is 1.83. The molecule has 0 saturated heterocycles. The van der Waals surface area contributed by atoms with Gasteiger partial charge in [0, 0.05) is 12.1 Å². The van der Waals surface area contributed by atoms with E-state index in [1.54, 1.807) is 18.2 Å². The third-order valence-electron chi connectivity index (χ3n) is 1.83. The minimum Gasteiger partial charge on any atom is -0.326 e. The van der Waals surface area contributed by atoms with Gasteiger partial charge in [-0.05, 0) is 25.0 Å². The first kappa shape index (κ1) is 26.9. The van der Waals surface area contributed by atoms with Crippen LogP contribution in [0.3, 0.4) is 0 Å². The zero-order chi connectivity index (χ0) is 17.0. The zero-order valence-electron chi connectivity index (χ0n) is 14.7. The predicted molar refractivity (Wildman–Crippen MR) is 94.7 cm³/mol. The lowest BCUT2D eigenvalue weighted by Gasteiger charge is -2.15. The number of nitrogens with one attached hydrogen (secondary N) is 1. The van der Waals surface area contributed by atoms with Crippen molar-refractivity contribution in [3.05, 3.63) is 49.2 Å². The van der Waals surface area contributed by atoms with Crippen LogP contribution in [-0.4, -0.2) is 5.91 Å². The Balaban J connectivity index is -0.000000108. The Kier molecular flexibility index (Phi) is 35.1. The molecular weight excluding hydrogens is 246 g/mol. The maximum Gasteiger partial charge on any atom is 0.224 e. The lowest BCUT2D eigenvalue weighted by Crippen LogP contribution is -2.26. The third kappa shape index (κ3) is 18.8. The molecule has 0 aromatic carbocycles. The van der Waals surface area contributed by atoms with Gasteiger partial charge in [0.2, 0.25) is 5.91 Å². The molecule has 118 valence electrons. The molecular formula is C18H35NO. The fourth-order valence-electron chi connectivity index (χ4n) is 0.980. The summed E-state index contributed by atoms with van der Waals surface area (Å²) in [5, 5.41) is 2.74. The molecule has 1 amide bonds. The van der Waals surface area contributed by atoms with Crippen molar-refractivity contribution in [3.8, 4) is 0 Å². The van der Waals surface area contributed by atoms with Crippen LogP contribution in [0.25, 0.3) is 0 Å². The van der Waals surface area contributed by atoms with E-state index in [1.807, 2.05) is 48.5 Å². The van der Waals surface area contributed by atoms with E-state index in [0.717, 1.165) is 12.1 Å². The standard InChI is InChI=1S/C8H11NO.C4H6.3C2H6/c1-3-7-6(2)4-5-8(10)9-7;1-3-4-2;3*1-2/h3H,1,4-5H2,2H3,(H,9,10);3-4H,1-2H2;3*1-2H3. The largest absolute Gasteiger partial charge is 0.326 e. The molecule has 0 atom stereocenters. The lowest BCUT2D eigenvalue weighted by atomic mass is 10.1. The van der Waals surface area contributed by atoms with Crippen LogP contribution in [0.1, 0.15) is 61.3 Å². The maximum absolute atomic E-state index is 10.8. The van der Waals surface area contributed by atoms with E-state index < -0.39 is 0 Å². The molecule has 0 spiro atoms. The molecule has 0 aromatic heterocycles. The fraction of sp³-hybridized carbons (Fsp3) is 0.500. The molecule has 0 radical (unpaired) electrons. The average Bonchev–Trinajstić information content (AvgIpc) is 2.55. The highest BCUT2D eigenvalue weighted by molar-refractivity contribution is 5.80. The number of amides is 1. The molecule has 1 aliphatic rings. The molecule has 0 aromatic rings. The first-order valence-electron chi connectivity index (χ1n) is 7.51. The monoisotopic (exact) mass is 281 g/mol. The lowest BCUT2D eigenvalue weighted by molar-refractivity contribution is -0.120. The van der Waals surface area contributed by atoms with Crippen molar-refractivity contribution >= 4 is 5.91 Å². The van der Waals surface area contributed by atoms with Gasteiger partial charge in [0.15, 0.2) is 0 Å². The number of hydrogen-bond donors (Lipinski definition) is 1. The number of rotatable bonds is 2. The number of carbonyl (C=O) groups excluding carboxylic acids is 1. The second-order valence-electron chi connectivity index (χ2n) is 2.92. The first-order chi connectivity index (χ1) is 9.65. The Morgan fingerprint density at radius 1 is 0.900 bits per heavy atom. The van der Waals surface area contributed by atoms with Gasteiger partial charge in [0.05, 0.1) is 0 Å². The van der Waals surface area contributed by atoms with Gasteiger partial charge in [0.1, 0.15) is 0 Å². The Morgan fingerprint density at radius 2 is 1.30 bits per heavy atom. The highest BCUT2D eigenvalue weighted by Gasteiger charge is 2.11. The molecule has 2 nitrogen and oxygen atoms in total. The molecule has 0 bridgehead atoms. The Morgan fingerprint density at radius 3 is 1.55 bits per heavy atom. The summed E-state index contributed by atoms with van der Waals surface area (Å²) >= 11 is 0. The average molecular weight is 281 g/mol. The van der Waals surface area contributed by atoms with E-state index >= 15 is 0 Å². The second-order valence-corrected chi connectivity index (χ2v) is 2.92. The topological polar surface area (TPSA) is 29.1 Å². The van der Waals surface area contributed by atoms with Crippen molar-refractivity contribution in [1.29, 1.82) is 0 Å². The van der Waals surface area contributed by atoms with Crippen molar-refractivity contribution in [3.63, 3.8) is 0 Å². The van der Waals surface area contributed by atoms with Gasteiger partial charge < -0.3 is 5.32 Å². The van der Waals surface area contributed by atoms with Crippen LogP contribution in [0.4, 0.5) is 0 Å². The summed E-state index contributed by atoms with van der Waals surface area (Å²) in [6.45, 7) is 24.3. The number of allylic oxidation sites excluding steroid dienone is 4. The van der Waals surface area contributed by atoms with E-state index in [4.69, 9.17) is 0 Å². The minimum atomic E-state index is 0.0977. The molecule has 0 unspecified atom stereocenters. The smallest absolute Gasteiger partial charge is 0.224 e. The summed E-state index contributed by atoms with van der Waals surface area (Å²) in [7, 11) is 0. The van der Waals surface area contributed by atoms with Crippen LogP contribution in [0, 0.1) is 0 Å². The number of carbonyl (C=O) groups is 1. The molecule has 0 saturated carbocycles. The van der Waals surface area contributed by atoms with Gasteiger partial charge in [-0.1, -0.05) is 73.4 Å². The van der Waals surface area contributed by atoms with E-state index in [2.05, 4.69) is 25.1 Å². The molecule has 1 rings (SSSR count). The molecule has 0 fully saturated rings. The molecule has 1 heterocycles. The van der Waals surface area contributed by atoms with Gasteiger partial charge in [-0.3, -0.25) is 4.79 Å². The Bertz CT molecular complexity index is 269. The van der Waals surface area contributed by atoms with Gasteiger partial charge in [0.25, 0.3) is 0 Å². The van der Waals surface area contributed by atoms with Crippen molar-refractivity contribution in [2.75, 3.05) is 0 Å².